The Morgan fingerprint density at radius 2 is 1.73 bits per heavy atom. The Balaban J connectivity index is 1.77. The summed E-state index contributed by atoms with van der Waals surface area (Å²) in [5, 5.41) is 9.71. The van der Waals surface area contributed by atoms with E-state index in [2.05, 4.69) is 19.6 Å². The Labute approximate surface area is 217 Å². The lowest BCUT2D eigenvalue weighted by atomic mass is 9.95. The van der Waals surface area contributed by atoms with Gasteiger partial charge in [0.15, 0.2) is 34.5 Å². The lowest BCUT2D eigenvalue weighted by Crippen LogP contribution is -2.13. The first kappa shape index (κ1) is 27.2. The van der Waals surface area contributed by atoms with Gasteiger partial charge in [0, 0.05) is 17.6 Å². The van der Waals surface area contributed by atoms with E-state index in [0.717, 1.165) is 11.1 Å². The number of carbonyl (C=O) groups is 1. The maximum atomic E-state index is 12.4. The van der Waals surface area contributed by atoms with Crippen LogP contribution in [0.15, 0.2) is 78.8 Å². The van der Waals surface area contributed by atoms with E-state index in [9.17, 15) is 9.90 Å². The number of hydrogen-bond acceptors (Lipinski definition) is 7. The molecule has 0 aliphatic carbocycles. The zero-order valence-electron chi connectivity index (χ0n) is 21.7. The molecule has 1 aliphatic rings. The minimum Gasteiger partial charge on any atom is -0.504 e. The molecule has 0 bridgehead atoms. The first-order chi connectivity index (χ1) is 17.8. The third-order valence-corrected chi connectivity index (χ3v) is 5.83. The molecule has 0 radical (unpaired) electrons. The first-order valence-electron chi connectivity index (χ1n) is 11.7. The minimum atomic E-state index is -0.621. The van der Waals surface area contributed by atoms with Crippen LogP contribution in [0.25, 0.3) is 12.2 Å². The van der Waals surface area contributed by atoms with Crippen LogP contribution in [0.5, 0.6) is 23.0 Å². The quantitative estimate of drug-likeness (QED) is 0.179. The van der Waals surface area contributed by atoms with Gasteiger partial charge in [-0.05, 0) is 66.6 Å². The predicted octanol–water partition coefficient (Wildman–Crippen LogP) is 6.16. The number of methoxy groups -OCH3 is 3. The lowest BCUT2D eigenvalue weighted by molar-refractivity contribution is -0.133. The Morgan fingerprint density at radius 3 is 2.38 bits per heavy atom. The summed E-state index contributed by atoms with van der Waals surface area (Å²) in [6.07, 6.45) is 11.5. The van der Waals surface area contributed by atoms with E-state index < -0.39 is 5.97 Å². The number of ether oxygens (including phenoxy) is 5. The van der Waals surface area contributed by atoms with Crippen LogP contribution < -0.4 is 14.2 Å². The van der Waals surface area contributed by atoms with E-state index in [-0.39, 0.29) is 23.5 Å². The number of phenols is 1. The van der Waals surface area contributed by atoms with Crippen LogP contribution >= 0.6 is 0 Å². The number of esters is 1. The molecule has 0 amide bonds. The Hall–Kier alpha value is -4.39. The summed E-state index contributed by atoms with van der Waals surface area (Å²) in [6, 6.07) is 8.76. The molecule has 1 N–H and O–H groups in total. The van der Waals surface area contributed by atoms with Crippen molar-refractivity contribution in [1.29, 1.82) is 0 Å². The van der Waals surface area contributed by atoms with Gasteiger partial charge in [0.05, 0.1) is 21.3 Å². The van der Waals surface area contributed by atoms with Gasteiger partial charge >= 0.3 is 5.97 Å². The van der Waals surface area contributed by atoms with Gasteiger partial charge in [0.25, 0.3) is 0 Å². The highest BCUT2D eigenvalue weighted by Gasteiger charge is 2.32. The third-order valence-electron chi connectivity index (χ3n) is 5.83. The predicted molar refractivity (Wildman–Crippen MR) is 144 cm³/mol. The number of phenolic OH excluding ortho intramolecular Hbond substituents is 1. The number of hydrogen-bond donors (Lipinski definition) is 1. The second-order valence-electron chi connectivity index (χ2n) is 8.19. The molecule has 0 spiro atoms. The van der Waals surface area contributed by atoms with Crippen LogP contribution in [-0.2, 0) is 14.3 Å². The zero-order valence-corrected chi connectivity index (χ0v) is 21.7. The maximum absolute atomic E-state index is 12.4. The molecular weight excluding hydrogens is 472 g/mol. The number of allylic oxidation sites excluding steroid dienone is 3. The molecule has 0 saturated carbocycles. The van der Waals surface area contributed by atoms with E-state index >= 15 is 0 Å². The highest BCUT2D eigenvalue weighted by Crippen LogP contribution is 2.45. The van der Waals surface area contributed by atoms with E-state index in [4.69, 9.17) is 23.7 Å². The highest BCUT2D eigenvalue weighted by molar-refractivity contribution is 5.88. The summed E-state index contributed by atoms with van der Waals surface area (Å²) in [5.74, 6) is 1.62. The normalized spacial score (nSPS) is 17.4. The average molecular weight is 505 g/mol. The number of carbonyl (C=O) groups excluding carboxylic acids is 1. The molecule has 2 aromatic carbocycles. The topological polar surface area (TPSA) is 83.5 Å². The Morgan fingerprint density at radius 1 is 1.00 bits per heavy atom. The van der Waals surface area contributed by atoms with Crippen molar-refractivity contribution in [2.75, 3.05) is 21.3 Å². The number of aromatic hydroxyl groups is 1. The molecular formula is C30H32O7. The van der Waals surface area contributed by atoms with Gasteiger partial charge in [-0.25, -0.2) is 4.79 Å². The average Bonchev–Trinajstić information content (AvgIpc) is 3.22. The highest BCUT2D eigenvalue weighted by atomic mass is 16.6. The van der Waals surface area contributed by atoms with Crippen LogP contribution in [0.1, 0.15) is 36.5 Å². The van der Waals surface area contributed by atoms with Gasteiger partial charge in [-0.1, -0.05) is 31.7 Å². The molecule has 3 rings (SSSR count). The van der Waals surface area contributed by atoms with Crippen LogP contribution in [0.2, 0.25) is 0 Å². The SMILES string of the molecule is C=C/C(OC(=O)/C=C/c1ccc(O)c(OC)c1)=C(\C=C\[C@@H]1Oc2c(OC)cc(/C=C/C)cc2[C@H]1C)OC. The van der Waals surface area contributed by atoms with Gasteiger partial charge in [-0.3, -0.25) is 0 Å². The van der Waals surface area contributed by atoms with Crippen molar-refractivity contribution in [3.05, 3.63) is 95.5 Å². The molecule has 7 nitrogen and oxygen atoms in total. The summed E-state index contributed by atoms with van der Waals surface area (Å²) in [4.78, 5) is 12.4. The maximum Gasteiger partial charge on any atom is 0.336 e. The van der Waals surface area contributed by atoms with Crippen LogP contribution in [0.4, 0.5) is 0 Å². The van der Waals surface area contributed by atoms with Crippen LogP contribution in [-0.4, -0.2) is 38.5 Å². The number of benzene rings is 2. The van der Waals surface area contributed by atoms with E-state index in [1.165, 1.54) is 32.4 Å². The summed E-state index contributed by atoms with van der Waals surface area (Å²) in [6.45, 7) is 7.78. The molecule has 37 heavy (non-hydrogen) atoms. The molecule has 2 aromatic rings. The Kier molecular flexibility index (Phi) is 9.21. The van der Waals surface area contributed by atoms with Crippen LogP contribution in [0.3, 0.4) is 0 Å². The van der Waals surface area contributed by atoms with Gasteiger partial charge in [-0.2, -0.15) is 0 Å². The molecule has 1 heterocycles. The molecule has 7 heteroatoms. The van der Waals surface area contributed by atoms with Crippen molar-refractivity contribution < 1.29 is 33.6 Å². The van der Waals surface area contributed by atoms with Gasteiger partial charge in [0.1, 0.15) is 6.10 Å². The second-order valence-corrected chi connectivity index (χ2v) is 8.19. The molecule has 2 atom stereocenters. The summed E-state index contributed by atoms with van der Waals surface area (Å²) >= 11 is 0. The lowest BCUT2D eigenvalue weighted by Gasteiger charge is -2.12. The van der Waals surface area contributed by atoms with E-state index in [0.29, 0.717) is 28.6 Å². The van der Waals surface area contributed by atoms with Crippen molar-refractivity contribution >= 4 is 18.1 Å². The fourth-order valence-electron chi connectivity index (χ4n) is 3.90. The van der Waals surface area contributed by atoms with E-state index in [1.807, 2.05) is 31.2 Å². The molecule has 0 fully saturated rings. The first-order valence-corrected chi connectivity index (χ1v) is 11.7. The largest absolute Gasteiger partial charge is 0.504 e. The Bertz CT molecular complexity index is 1270. The van der Waals surface area contributed by atoms with Gasteiger partial charge in [-0.15, -0.1) is 0 Å². The fraction of sp³-hybridized carbons (Fsp3) is 0.233. The molecule has 0 unspecified atom stereocenters. The summed E-state index contributed by atoms with van der Waals surface area (Å²) < 4.78 is 27.7. The monoisotopic (exact) mass is 504 g/mol. The molecule has 194 valence electrons. The second kappa shape index (κ2) is 12.5. The smallest absolute Gasteiger partial charge is 0.336 e. The van der Waals surface area contributed by atoms with Gasteiger partial charge < -0.3 is 28.8 Å². The molecule has 1 aliphatic heterocycles. The van der Waals surface area contributed by atoms with Crippen molar-refractivity contribution in [3.8, 4) is 23.0 Å². The fourth-order valence-corrected chi connectivity index (χ4v) is 3.90. The van der Waals surface area contributed by atoms with Crippen molar-refractivity contribution in [3.63, 3.8) is 0 Å². The standard InChI is InChI=1S/C30H32O7/c1-7-9-21-16-22-19(3)25(37-30(22)28(18-21)35-6)13-14-26(33-4)24(8-2)36-29(32)15-11-20-10-12-23(31)27(17-20)34-5/h7-19,25,31H,2H2,1,3-6H3/b9-7+,14-13+,15-11+,26-24-/t19-,25+/m1/s1. The zero-order chi connectivity index (χ0) is 26.9. The van der Waals surface area contributed by atoms with Crippen molar-refractivity contribution in [2.24, 2.45) is 0 Å². The van der Waals surface area contributed by atoms with Crippen LogP contribution in [0, 0.1) is 0 Å². The summed E-state index contributed by atoms with van der Waals surface area (Å²) in [5.41, 5.74) is 2.74. The number of rotatable bonds is 10. The van der Waals surface area contributed by atoms with E-state index in [1.54, 1.807) is 31.4 Å². The summed E-state index contributed by atoms with van der Waals surface area (Å²) in [7, 11) is 4.55. The van der Waals surface area contributed by atoms with Gasteiger partial charge in [0.2, 0.25) is 0 Å². The van der Waals surface area contributed by atoms with Crippen molar-refractivity contribution in [2.45, 2.75) is 25.9 Å². The third kappa shape index (κ3) is 6.44. The minimum absolute atomic E-state index is 0.0102. The molecule has 0 saturated heterocycles. The molecule has 0 aromatic heterocycles. The number of fused-ring (bicyclic) bond motifs is 1. The van der Waals surface area contributed by atoms with Crippen molar-refractivity contribution in [1.82, 2.24) is 0 Å².